The number of aryl methyl sites for hydroxylation is 2. The third-order valence-corrected chi connectivity index (χ3v) is 4.17. The lowest BCUT2D eigenvalue weighted by molar-refractivity contribution is -0.124. The number of amides is 3. The topological polar surface area (TPSA) is 87.5 Å². The van der Waals surface area contributed by atoms with E-state index in [-0.39, 0.29) is 11.9 Å². The van der Waals surface area contributed by atoms with E-state index in [1.54, 1.807) is 23.3 Å². The standard InChI is InChI=1S/C18H22N4O3/c1-12-9-13(2)20-16(10-12)21-18(24)22-7-3-6-15(22)17(23)19-11-14-5-4-8-25-14/h4-5,8-10,15H,3,6-7,11H2,1-2H3,(H,19,23)(H,20,21,24)/t15-/m0/s1. The highest BCUT2D eigenvalue weighted by molar-refractivity contribution is 5.93. The summed E-state index contributed by atoms with van der Waals surface area (Å²) < 4.78 is 5.21. The molecular formula is C18H22N4O3. The van der Waals surface area contributed by atoms with E-state index in [0.29, 0.717) is 31.1 Å². The van der Waals surface area contributed by atoms with Gasteiger partial charge in [-0.25, -0.2) is 9.78 Å². The molecule has 25 heavy (non-hydrogen) atoms. The van der Waals surface area contributed by atoms with Crippen LogP contribution in [-0.2, 0) is 11.3 Å². The van der Waals surface area contributed by atoms with Crippen molar-refractivity contribution in [2.75, 3.05) is 11.9 Å². The molecule has 0 unspecified atom stereocenters. The van der Waals surface area contributed by atoms with Crippen molar-refractivity contribution in [3.8, 4) is 0 Å². The van der Waals surface area contributed by atoms with E-state index in [1.165, 1.54) is 0 Å². The Hall–Kier alpha value is -2.83. The lowest BCUT2D eigenvalue weighted by Crippen LogP contribution is -2.47. The monoisotopic (exact) mass is 342 g/mol. The van der Waals surface area contributed by atoms with Gasteiger partial charge in [0.05, 0.1) is 12.8 Å². The molecule has 1 saturated heterocycles. The number of hydrogen-bond donors (Lipinski definition) is 2. The van der Waals surface area contributed by atoms with Gasteiger partial charge in [-0.1, -0.05) is 0 Å². The number of furan rings is 1. The molecule has 0 aromatic carbocycles. The molecule has 7 heteroatoms. The average Bonchev–Trinajstić information content (AvgIpc) is 3.23. The molecular weight excluding hydrogens is 320 g/mol. The van der Waals surface area contributed by atoms with E-state index < -0.39 is 6.04 Å². The lowest BCUT2D eigenvalue weighted by Gasteiger charge is -2.24. The van der Waals surface area contributed by atoms with Gasteiger partial charge < -0.3 is 14.6 Å². The Morgan fingerprint density at radius 2 is 2.20 bits per heavy atom. The zero-order chi connectivity index (χ0) is 17.8. The van der Waals surface area contributed by atoms with Gasteiger partial charge in [0.15, 0.2) is 0 Å². The number of anilines is 1. The maximum atomic E-state index is 12.6. The Morgan fingerprint density at radius 1 is 1.36 bits per heavy atom. The molecule has 0 radical (unpaired) electrons. The van der Waals surface area contributed by atoms with Gasteiger partial charge in [0.1, 0.15) is 17.6 Å². The minimum Gasteiger partial charge on any atom is -0.467 e. The zero-order valence-corrected chi connectivity index (χ0v) is 14.4. The summed E-state index contributed by atoms with van der Waals surface area (Å²) in [5.74, 6) is 1.02. The molecule has 2 aromatic heterocycles. The van der Waals surface area contributed by atoms with Crippen LogP contribution in [0.3, 0.4) is 0 Å². The van der Waals surface area contributed by atoms with Gasteiger partial charge in [-0.3, -0.25) is 10.1 Å². The first-order chi connectivity index (χ1) is 12.0. The fourth-order valence-electron chi connectivity index (χ4n) is 3.07. The SMILES string of the molecule is Cc1cc(C)nc(NC(=O)N2CCC[C@H]2C(=O)NCc2ccco2)c1. The van der Waals surface area contributed by atoms with E-state index >= 15 is 0 Å². The van der Waals surface area contributed by atoms with Crippen molar-refractivity contribution in [2.24, 2.45) is 0 Å². The number of nitrogens with one attached hydrogen (secondary N) is 2. The fraction of sp³-hybridized carbons (Fsp3) is 0.389. The van der Waals surface area contributed by atoms with Gasteiger partial charge in [-0.15, -0.1) is 0 Å². The number of carbonyl (C=O) groups is 2. The maximum absolute atomic E-state index is 12.6. The molecule has 1 atom stereocenters. The molecule has 2 aromatic rings. The molecule has 0 aliphatic carbocycles. The third-order valence-electron chi connectivity index (χ3n) is 4.17. The summed E-state index contributed by atoms with van der Waals surface area (Å²) >= 11 is 0. The molecule has 7 nitrogen and oxygen atoms in total. The highest BCUT2D eigenvalue weighted by Crippen LogP contribution is 2.19. The largest absolute Gasteiger partial charge is 0.467 e. The molecule has 0 spiro atoms. The van der Waals surface area contributed by atoms with Crippen LogP contribution in [-0.4, -0.2) is 34.4 Å². The number of pyridine rings is 1. The van der Waals surface area contributed by atoms with Gasteiger partial charge in [-0.2, -0.15) is 0 Å². The van der Waals surface area contributed by atoms with Crippen molar-refractivity contribution in [3.63, 3.8) is 0 Å². The molecule has 1 aliphatic rings. The van der Waals surface area contributed by atoms with Crippen LogP contribution in [0.1, 0.15) is 29.9 Å². The van der Waals surface area contributed by atoms with Crippen LogP contribution in [0.5, 0.6) is 0 Å². The number of hydrogen-bond acceptors (Lipinski definition) is 4. The van der Waals surface area contributed by atoms with Crippen LogP contribution in [0.4, 0.5) is 10.6 Å². The van der Waals surface area contributed by atoms with Gasteiger partial charge in [0.25, 0.3) is 0 Å². The van der Waals surface area contributed by atoms with Crippen molar-refractivity contribution in [3.05, 3.63) is 47.5 Å². The molecule has 3 amide bonds. The summed E-state index contributed by atoms with van der Waals surface area (Å²) in [4.78, 5) is 30.9. The molecule has 0 saturated carbocycles. The first kappa shape index (κ1) is 17.0. The van der Waals surface area contributed by atoms with Crippen molar-refractivity contribution in [1.29, 1.82) is 0 Å². The molecule has 1 fully saturated rings. The number of likely N-dealkylation sites (tertiary alicyclic amines) is 1. The highest BCUT2D eigenvalue weighted by atomic mass is 16.3. The van der Waals surface area contributed by atoms with E-state index in [4.69, 9.17) is 4.42 Å². The molecule has 1 aliphatic heterocycles. The van der Waals surface area contributed by atoms with Crippen molar-refractivity contribution in [1.82, 2.24) is 15.2 Å². The Labute approximate surface area is 146 Å². The zero-order valence-electron chi connectivity index (χ0n) is 14.4. The minimum absolute atomic E-state index is 0.169. The minimum atomic E-state index is -0.471. The van der Waals surface area contributed by atoms with Crippen molar-refractivity contribution >= 4 is 17.8 Å². The summed E-state index contributed by atoms with van der Waals surface area (Å²) in [5, 5.41) is 5.62. The smallest absolute Gasteiger partial charge is 0.323 e. The Morgan fingerprint density at radius 3 is 2.92 bits per heavy atom. The second kappa shape index (κ2) is 7.38. The maximum Gasteiger partial charge on any atom is 0.323 e. The number of carbonyl (C=O) groups excluding carboxylic acids is 2. The normalized spacial score (nSPS) is 16.7. The van der Waals surface area contributed by atoms with Gasteiger partial charge in [0.2, 0.25) is 5.91 Å². The number of rotatable bonds is 4. The molecule has 0 bridgehead atoms. The predicted octanol–water partition coefficient (Wildman–Crippen LogP) is 2.60. The average molecular weight is 342 g/mol. The van der Waals surface area contributed by atoms with Crippen LogP contribution in [0.25, 0.3) is 0 Å². The van der Waals surface area contributed by atoms with Crippen molar-refractivity contribution < 1.29 is 14.0 Å². The molecule has 3 rings (SSSR count). The number of urea groups is 1. The molecule has 132 valence electrons. The second-order valence-electron chi connectivity index (χ2n) is 6.25. The first-order valence-electron chi connectivity index (χ1n) is 8.36. The Balaban J connectivity index is 1.61. The quantitative estimate of drug-likeness (QED) is 0.894. The highest BCUT2D eigenvalue weighted by Gasteiger charge is 2.34. The molecule has 2 N–H and O–H groups in total. The predicted molar refractivity (Wildman–Crippen MR) is 93.0 cm³/mol. The Bertz CT molecular complexity index is 737. The lowest BCUT2D eigenvalue weighted by atomic mass is 10.2. The van der Waals surface area contributed by atoms with Crippen LogP contribution in [0, 0.1) is 13.8 Å². The fourth-order valence-corrected chi connectivity index (χ4v) is 3.07. The summed E-state index contributed by atoms with van der Waals surface area (Å²) in [5.41, 5.74) is 1.86. The van der Waals surface area contributed by atoms with Crippen LogP contribution >= 0.6 is 0 Å². The summed E-state index contributed by atoms with van der Waals surface area (Å²) in [7, 11) is 0. The molecule has 3 heterocycles. The van der Waals surface area contributed by atoms with Crippen LogP contribution in [0.15, 0.2) is 34.9 Å². The first-order valence-corrected chi connectivity index (χ1v) is 8.36. The van der Waals surface area contributed by atoms with Crippen LogP contribution < -0.4 is 10.6 Å². The van der Waals surface area contributed by atoms with Crippen LogP contribution in [0.2, 0.25) is 0 Å². The van der Waals surface area contributed by atoms with E-state index in [1.807, 2.05) is 26.0 Å². The third kappa shape index (κ3) is 4.17. The number of nitrogens with zero attached hydrogens (tertiary/aromatic N) is 2. The van der Waals surface area contributed by atoms with Gasteiger partial charge in [0, 0.05) is 12.2 Å². The van der Waals surface area contributed by atoms with Gasteiger partial charge in [-0.05, 0) is 56.5 Å². The summed E-state index contributed by atoms with van der Waals surface area (Å²) in [6.45, 7) is 4.69. The summed E-state index contributed by atoms with van der Waals surface area (Å²) in [6.07, 6.45) is 3.01. The Kier molecular flexibility index (Phi) is 5.02. The second-order valence-corrected chi connectivity index (χ2v) is 6.25. The van der Waals surface area contributed by atoms with Crippen molar-refractivity contribution in [2.45, 2.75) is 39.3 Å². The van der Waals surface area contributed by atoms with E-state index in [9.17, 15) is 9.59 Å². The summed E-state index contributed by atoms with van der Waals surface area (Å²) in [6, 6.07) is 6.55. The van der Waals surface area contributed by atoms with Gasteiger partial charge >= 0.3 is 6.03 Å². The number of aromatic nitrogens is 1. The van der Waals surface area contributed by atoms with E-state index in [2.05, 4.69) is 15.6 Å². The van der Waals surface area contributed by atoms with E-state index in [0.717, 1.165) is 17.7 Å².